The number of nitrogens with one attached hydrogen (secondary N) is 1. The van der Waals surface area contributed by atoms with Crippen molar-refractivity contribution >= 4 is 5.69 Å². The van der Waals surface area contributed by atoms with Gasteiger partial charge in [-0.3, -0.25) is 0 Å². The highest BCUT2D eigenvalue weighted by molar-refractivity contribution is 5.45. The maximum Gasteiger partial charge on any atom is 0.0447 e. The van der Waals surface area contributed by atoms with E-state index in [1.807, 2.05) is 12.1 Å². The lowest BCUT2D eigenvalue weighted by molar-refractivity contribution is 0.421. The smallest absolute Gasteiger partial charge is 0.0447 e. The van der Waals surface area contributed by atoms with Crippen LogP contribution in [0, 0.1) is 6.07 Å². The van der Waals surface area contributed by atoms with Crippen LogP contribution < -0.4 is 10.2 Å². The predicted molar refractivity (Wildman–Crippen MR) is 83.8 cm³/mol. The number of rotatable bonds is 4. The second-order valence-electron chi connectivity index (χ2n) is 5.40. The van der Waals surface area contributed by atoms with Crippen LogP contribution in [0.3, 0.4) is 0 Å². The van der Waals surface area contributed by atoms with Gasteiger partial charge < -0.3 is 10.2 Å². The Balaban J connectivity index is 1.56. The molecule has 2 heteroatoms. The number of nitrogens with zero attached hydrogens (tertiary/aromatic N) is 1. The Morgan fingerprint density at radius 3 is 2.75 bits per heavy atom. The van der Waals surface area contributed by atoms with Crippen molar-refractivity contribution in [3.05, 3.63) is 66.2 Å². The number of benzene rings is 2. The Bertz CT molecular complexity index is 509. The third-order valence-corrected chi connectivity index (χ3v) is 3.89. The first-order valence-corrected chi connectivity index (χ1v) is 7.41. The van der Waals surface area contributed by atoms with Crippen LogP contribution in [-0.4, -0.2) is 19.1 Å². The van der Waals surface area contributed by atoms with Gasteiger partial charge in [0.15, 0.2) is 0 Å². The summed E-state index contributed by atoms with van der Waals surface area (Å²) in [5.41, 5.74) is 2.58. The van der Waals surface area contributed by atoms with E-state index < -0.39 is 0 Å². The van der Waals surface area contributed by atoms with E-state index >= 15 is 0 Å². The molecule has 0 aliphatic carbocycles. The highest BCUT2D eigenvalue weighted by Gasteiger charge is 2.19. The molecule has 103 valence electrons. The normalized spacial score (nSPS) is 19.0. The van der Waals surface area contributed by atoms with Gasteiger partial charge >= 0.3 is 0 Å². The lowest BCUT2D eigenvalue weighted by Crippen LogP contribution is -2.45. The first kappa shape index (κ1) is 13.2. The van der Waals surface area contributed by atoms with Gasteiger partial charge in [-0.05, 0) is 24.5 Å². The molecule has 1 radical (unpaired) electrons. The first-order valence-electron chi connectivity index (χ1n) is 7.41. The largest absolute Gasteiger partial charge is 0.369 e. The Morgan fingerprint density at radius 1 is 1.10 bits per heavy atom. The van der Waals surface area contributed by atoms with Gasteiger partial charge in [0.05, 0.1) is 0 Å². The minimum Gasteiger partial charge on any atom is -0.369 e. The molecule has 1 heterocycles. The molecular weight excluding hydrogens is 244 g/mol. The highest BCUT2D eigenvalue weighted by atomic mass is 15.2. The molecule has 1 N–H and O–H groups in total. The quantitative estimate of drug-likeness (QED) is 0.913. The summed E-state index contributed by atoms with van der Waals surface area (Å²) in [6, 6.07) is 22.8. The van der Waals surface area contributed by atoms with Crippen molar-refractivity contribution in [3.8, 4) is 0 Å². The van der Waals surface area contributed by atoms with Gasteiger partial charge in [0.2, 0.25) is 0 Å². The summed E-state index contributed by atoms with van der Waals surface area (Å²) in [6.07, 6.45) is 2.51. The molecule has 0 aromatic heterocycles. The van der Waals surface area contributed by atoms with E-state index in [9.17, 15) is 0 Å². The molecule has 1 atom stereocenters. The van der Waals surface area contributed by atoms with Crippen LogP contribution in [0.1, 0.15) is 18.4 Å². The summed E-state index contributed by atoms with van der Waals surface area (Å²) in [5, 5.41) is 3.68. The molecule has 0 bridgehead atoms. The molecule has 3 rings (SSSR count). The lowest BCUT2D eigenvalue weighted by Gasteiger charge is -2.34. The Morgan fingerprint density at radius 2 is 1.95 bits per heavy atom. The maximum atomic E-state index is 3.68. The van der Waals surface area contributed by atoms with Crippen LogP contribution in [0.15, 0.2) is 54.6 Å². The van der Waals surface area contributed by atoms with Gasteiger partial charge in [0.25, 0.3) is 0 Å². The molecule has 0 saturated carbocycles. The van der Waals surface area contributed by atoms with E-state index in [0.717, 1.165) is 19.6 Å². The topological polar surface area (TPSA) is 15.3 Å². The predicted octanol–water partition coefficient (Wildman–Crippen LogP) is 3.25. The zero-order valence-electron chi connectivity index (χ0n) is 11.8. The lowest BCUT2D eigenvalue weighted by atomic mass is 10.0. The van der Waals surface area contributed by atoms with Crippen molar-refractivity contribution in [2.45, 2.75) is 25.4 Å². The molecule has 1 aliphatic heterocycles. The van der Waals surface area contributed by atoms with Crippen LogP contribution in [0.5, 0.6) is 0 Å². The van der Waals surface area contributed by atoms with Crippen molar-refractivity contribution < 1.29 is 0 Å². The molecular formula is C18H21N2. The van der Waals surface area contributed by atoms with E-state index in [-0.39, 0.29) is 0 Å². The van der Waals surface area contributed by atoms with Gasteiger partial charge in [-0.2, -0.15) is 0 Å². The van der Waals surface area contributed by atoms with Crippen LogP contribution in [-0.2, 0) is 6.54 Å². The van der Waals surface area contributed by atoms with Crippen LogP contribution >= 0.6 is 0 Å². The van der Waals surface area contributed by atoms with Gasteiger partial charge in [-0.25, -0.2) is 0 Å². The number of hydrogen-bond acceptors (Lipinski definition) is 2. The SMILES string of the molecule is [c]1ccccc1N1CCCC(NCc2ccccc2)C1. The maximum absolute atomic E-state index is 3.68. The summed E-state index contributed by atoms with van der Waals surface area (Å²) < 4.78 is 0. The van der Waals surface area contributed by atoms with Gasteiger partial charge in [0.1, 0.15) is 0 Å². The van der Waals surface area contributed by atoms with Gasteiger partial charge in [-0.15, -0.1) is 0 Å². The van der Waals surface area contributed by atoms with E-state index in [1.165, 1.54) is 24.1 Å². The number of para-hydroxylation sites is 1. The highest BCUT2D eigenvalue weighted by Crippen LogP contribution is 2.19. The molecule has 1 saturated heterocycles. The average Bonchev–Trinajstić information content (AvgIpc) is 2.55. The molecule has 2 nitrogen and oxygen atoms in total. The third-order valence-electron chi connectivity index (χ3n) is 3.89. The van der Waals surface area contributed by atoms with E-state index in [4.69, 9.17) is 0 Å². The van der Waals surface area contributed by atoms with E-state index in [2.05, 4.69) is 58.7 Å². The summed E-state index contributed by atoms with van der Waals surface area (Å²) in [7, 11) is 0. The average molecular weight is 265 g/mol. The van der Waals surface area contributed by atoms with E-state index in [0.29, 0.717) is 6.04 Å². The number of anilines is 1. The number of piperidine rings is 1. The zero-order chi connectivity index (χ0) is 13.6. The molecule has 1 unspecified atom stereocenters. The Kier molecular flexibility index (Phi) is 4.34. The number of hydrogen-bond donors (Lipinski definition) is 1. The fraction of sp³-hybridized carbons (Fsp3) is 0.333. The molecule has 2 aromatic rings. The minimum atomic E-state index is 0.567. The van der Waals surface area contributed by atoms with Crippen molar-refractivity contribution in [3.63, 3.8) is 0 Å². The van der Waals surface area contributed by atoms with Crippen molar-refractivity contribution in [1.82, 2.24) is 5.32 Å². The minimum absolute atomic E-state index is 0.567. The summed E-state index contributed by atoms with van der Waals surface area (Å²) in [6.45, 7) is 3.18. The van der Waals surface area contributed by atoms with Crippen LogP contribution in [0.25, 0.3) is 0 Å². The third kappa shape index (κ3) is 3.40. The molecule has 1 fully saturated rings. The second kappa shape index (κ2) is 6.58. The Hall–Kier alpha value is -1.80. The van der Waals surface area contributed by atoms with Crippen LogP contribution in [0.4, 0.5) is 5.69 Å². The molecule has 0 spiro atoms. The molecule has 20 heavy (non-hydrogen) atoms. The molecule has 0 amide bonds. The monoisotopic (exact) mass is 265 g/mol. The molecule has 1 aliphatic rings. The van der Waals surface area contributed by atoms with E-state index in [1.54, 1.807) is 0 Å². The summed E-state index contributed by atoms with van der Waals surface area (Å²) in [5.74, 6) is 0. The summed E-state index contributed by atoms with van der Waals surface area (Å²) >= 11 is 0. The van der Waals surface area contributed by atoms with Gasteiger partial charge in [-0.1, -0.05) is 48.5 Å². The molecule has 2 aromatic carbocycles. The van der Waals surface area contributed by atoms with Crippen molar-refractivity contribution in [2.75, 3.05) is 18.0 Å². The first-order chi connectivity index (χ1) is 9.92. The van der Waals surface area contributed by atoms with Crippen molar-refractivity contribution in [2.24, 2.45) is 0 Å². The standard InChI is InChI=1S/C18H21N2/c1-3-8-16(9-4-1)14-19-17-10-7-13-20(15-17)18-11-5-2-6-12-18/h1-6,8-9,11,17,19H,7,10,13-15H2. The second-order valence-corrected chi connectivity index (χ2v) is 5.40. The summed E-state index contributed by atoms with van der Waals surface area (Å²) in [4.78, 5) is 2.44. The van der Waals surface area contributed by atoms with Gasteiger partial charge in [0, 0.05) is 37.4 Å². The van der Waals surface area contributed by atoms with Crippen molar-refractivity contribution in [1.29, 1.82) is 0 Å². The fourth-order valence-electron chi connectivity index (χ4n) is 2.80. The fourth-order valence-corrected chi connectivity index (χ4v) is 2.80. The Labute approximate surface area is 121 Å². The van der Waals surface area contributed by atoms with Crippen LogP contribution in [0.2, 0.25) is 0 Å². The zero-order valence-corrected chi connectivity index (χ0v) is 11.8.